The number of rotatable bonds is 6. The van der Waals surface area contributed by atoms with Crippen LogP contribution in [-0.2, 0) is 11.2 Å². The summed E-state index contributed by atoms with van der Waals surface area (Å²) in [7, 11) is 0. The first-order valence-electron chi connectivity index (χ1n) is 8.07. The number of aromatic nitrogens is 3. The molecule has 0 saturated carbocycles. The van der Waals surface area contributed by atoms with Crippen molar-refractivity contribution >= 4 is 27.7 Å². The second kappa shape index (κ2) is 8.18. The van der Waals surface area contributed by atoms with E-state index in [1.54, 1.807) is 29.3 Å². The average Bonchev–Trinajstić information content (AvgIpc) is 3.12. The van der Waals surface area contributed by atoms with Crippen molar-refractivity contribution in [1.82, 2.24) is 15.1 Å². The summed E-state index contributed by atoms with van der Waals surface area (Å²) in [6.45, 7) is 2.40. The fraction of sp³-hybridized carbons (Fsp3) is 0.222. The normalized spacial score (nSPS) is 10.7. The van der Waals surface area contributed by atoms with Crippen LogP contribution in [0, 0.1) is 5.82 Å². The van der Waals surface area contributed by atoms with Crippen LogP contribution < -0.4 is 4.90 Å². The number of hydrogen-bond donors (Lipinski definition) is 0. The predicted octanol–water partition coefficient (Wildman–Crippen LogP) is 4.02. The van der Waals surface area contributed by atoms with Gasteiger partial charge in [-0.25, -0.2) is 9.37 Å². The van der Waals surface area contributed by atoms with Gasteiger partial charge in [0.15, 0.2) is 0 Å². The van der Waals surface area contributed by atoms with E-state index in [4.69, 9.17) is 4.52 Å². The van der Waals surface area contributed by atoms with Crippen molar-refractivity contribution in [2.24, 2.45) is 0 Å². The predicted molar refractivity (Wildman–Crippen MR) is 98.0 cm³/mol. The minimum Gasteiger partial charge on any atom is -0.339 e. The summed E-state index contributed by atoms with van der Waals surface area (Å²) >= 11 is 3.33. The van der Waals surface area contributed by atoms with Crippen LogP contribution in [0.2, 0.25) is 0 Å². The van der Waals surface area contributed by atoms with Crippen LogP contribution in [0.25, 0.3) is 11.4 Å². The van der Waals surface area contributed by atoms with E-state index in [0.29, 0.717) is 36.1 Å². The zero-order chi connectivity index (χ0) is 18.5. The molecule has 8 heteroatoms. The zero-order valence-corrected chi connectivity index (χ0v) is 15.6. The Hall–Kier alpha value is -2.61. The Morgan fingerprint density at radius 3 is 2.65 bits per heavy atom. The zero-order valence-electron chi connectivity index (χ0n) is 14.0. The largest absolute Gasteiger partial charge is 0.339 e. The molecule has 0 N–H and O–H groups in total. The highest BCUT2D eigenvalue weighted by Crippen LogP contribution is 2.18. The number of nitrogens with zero attached hydrogens (tertiary/aromatic N) is 4. The Kier molecular flexibility index (Phi) is 5.72. The van der Waals surface area contributed by atoms with Crippen molar-refractivity contribution in [3.63, 3.8) is 0 Å². The highest BCUT2D eigenvalue weighted by molar-refractivity contribution is 9.10. The number of benzene rings is 1. The summed E-state index contributed by atoms with van der Waals surface area (Å²) in [6.07, 6.45) is 2.19. The SMILES string of the molecule is CCN(C(=O)CCc1nc(-c2ccc(F)cc2)no1)c1ccc(Br)cn1. The molecule has 0 fully saturated rings. The molecule has 6 nitrogen and oxygen atoms in total. The van der Waals surface area contributed by atoms with Crippen molar-refractivity contribution in [3.05, 3.63) is 58.8 Å². The van der Waals surface area contributed by atoms with E-state index >= 15 is 0 Å². The first kappa shape index (κ1) is 18.2. The number of carbonyl (C=O) groups is 1. The summed E-state index contributed by atoms with van der Waals surface area (Å²) in [5, 5.41) is 3.88. The molecule has 3 aromatic rings. The van der Waals surface area contributed by atoms with E-state index in [-0.39, 0.29) is 18.1 Å². The van der Waals surface area contributed by atoms with Crippen LogP contribution in [-0.4, -0.2) is 27.6 Å². The monoisotopic (exact) mass is 418 g/mol. The Morgan fingerprint density at radius 1 is 1.23 bits per heavy atom. The lowest BCUT2D eigenvalue weighted by atomic mass is 10.2. The van der Waals surface area contributed by atoms with Crippen molar-refractivity contribution < 1.29 is 13.7 Å². The Morgan fingerprint density at radius 2 is 2.00 bits per heavy atom. The number of pyridine rings is 1. The topological polar surface area (TPSA) is 72.1 Å². The molecule has 0 aliphatic carbocycles. The number of aryl methyl sites for hydroxylation is 1. The third kappa shape index (κ3) is 4.32. The van der Waals surface area contributed by atoms with E-state index in [1.807, 2.05) is 13.0 Å². The van der Waals surface area contributed by atoms with Crippen LogP contribution in [0.3, 0.4) is 0 Å². The first-order valence-corrected chi connectivity index (χ1v) is 8.86. The summed E-state index contributed by atoms with van der Waals surface area (Å²) in [6, 6.07) is 9.44. The average molecular weight is 419 g/mol. The van der Waals surface area contributed by atoms with Crippen LogP contribution in [0.4, 0.5) is 10.2 Å². The van der Waals surface area contributed by atoms with Crippen molar-refractivity contribution in [1.29, 1.82) is 0 Å². The third-order valence-corrected chi connectivity index (χ3v) is 4.20. The van der Waals surface area contributed by atoms with Gasteiger partial charge in [0.05, 0.1) is 0 Å². The fourth-order valence-electron chi connectivity index (χ4n) is 2.42. The molecule has 2 heterocycles. The van der Waals surface area contributed by atoms with Gasteiger partial charge in [-0.15, -0.1) is 0 Å². The maximum atomic E-state index is 13.0. The molecule has 0 radical (unpaired) electrons. The van der Waals surface area contributed by atoms with Gasteiger partial charge in [-0.3, -0.25) is 9.69 Å². The minimum atomic E-state index is -0.329. The van der Waals surface area contributed by atoms with E-state index in [0.717, 1.165) is 4.47 Å². The quantitative estimate of drug-likeness (QED) is 0.604. The van der Waals surface area contributed by atoms with Gasteiger partial charge in [0.2, 0.25) is 17.6 Å². The molecule has 1 aromatic carbocycles. The standard InChI is InChI=1S/C18H16BrFN4O2/c1-2-24(15-8-5-13(19)11-21-15)17(25)10-9-16-22-18(23-26-16)12-3-6-14(20)7-4-12/h3-8,11H,2,9-10H2,1H3. The Labute approximate surface area is 158 Å². The van der Waals surface area contributed by atoms with E-state index in [1.165, 1.54) is 12.1 Å². The fourth-order valence-corrected chi connectivity index (χ4v) is 2.65. The smallest absolute Gasteiger partial charge is 0.228 e. The molecule has 0 spiro atoms. The maximum Gasteiger partial charge on any atom is 0.228 e. The number of carbonyl (C=O) groups excluding carboxylic acids is 1. The number of anilines is 1. The molecule has 0 aliphatic heterocycles. The lowest BCUT2D eigenvalue weighted by Crippen LogP contribution is -2.31. The molecule has 26 heavy (non-hydrogen) atoms. The molecule has 0 unspecified atom stereocenters. The lowest BCUT2D eigenvalue weighted by molar-refractivity contribution is -0.118. The van der Waals surface area contributed by atoms with Crippen LogP contribution in [0.1, 0.15) is 19.2 Å². The highest BCUT2D eigenvalue weighted by Gasteiger charge is 2.17. The van der Waals surface area contributed by atoms with Gasteiger partial charge >= 0.3 is 0 Å². The van der Waals surface area contributed by atoms with E-state index < -0.39 is 0 Å². The summed E-state index contributed by atoms with van der Waals surface area (Å²) < 4.78 is 19.0. The molecule has 3 rings (SSSR count). The van der Waals surface area contributed by atoms with E-state index in [9.17, 15) is 9.18 Å². The second-order valence-corrected chi connectivity index (χ2v) is 6.41. The molecular weight excluding hydrogens is 403 g/mol. The minimum absolute atomic E-state index is 0.0798. The van der Waals surface area contributed by atoms with E-state index in [2.05, 4.69) is 31.1 Å². The van der Waals surface area contributed by atoms with Gasteiger partial charge < -0.3 is 4.52 Å². The van der Waals surface area contributed by atoms with Crippen molar-refractivity contribution in [3.8, 4) is 11.4 Å². The van der Waals surface area contributed by atoms with Gasteiger partial charge in [-0.1, -0.05) is 5.16 Å². The number of halogens is 2. The van der Waals surface area contributed by atoms with Gasteiger partial charge in [-0.2, -0.15) is 4.98 Å². The Bertz CT molecular complexity index is 881. The second-order valence-electron chi connectivity index (χ2n) is 5.49. The first-order chi connectivity index (χ1) is 12.6. The molecule has 2 aromatic heterocycles. The Balaban J connectivity index is 1.63. The van der Waals surface area contributed by atoms with Crippen LogP contribution >= 0.6 is 15.9 Å². The maximum absolute atomic E-state index is 13.0. The molecule has 134 valence electrons. The lowest BCUT2D eigenvalue weighted by Gasteiger charge is -2.19. The molecular formula is C18H16BrFN4O2. The summed E-state index contributed by atoms with van der Waals surface area (Å²) in [4.78, 5) is 22.6. The van der Waals surface area contributed by atoms with Gasteiger partial charge in [0.1, 0.15) is 11.6 Å². The number of amides is 1. The van der Waals surface area contributed by atoms with Gasteiger partial charge in [0.25, 0.3) is 0 Å². The number of hydrogen-bond acceptors (Lipinski definition) is 5. The third-order valence-electron chi connectivity index (χ3n) is 3.73. The summed E-state index contributed by atoms with van der Waals surface area (Å²) in [5.74, 6) is 0.915. The molecule has 0 saturated heterocycles. The van der Waals surface area contributed by atoms with Gasteiger partial charge in [0, 0.05) is 35.6 Å². The highest BCUT2D eigenvalue weighted by atomic mass is 79.9. The summed E-state index contributed by atoms with van der Waals surface area (Å²) in [5.41, 5.74) is 0.655. The van der Waals surface area contributed by atoms with Crippen molar-refractivity contribution in [2.45, 2.75) is 19.8 Å². The molecule has 0 bridgehead atoms. The van der Waals surface area contributed by atoms with Gasteiger partial charge in [-0.05, 0) is 59.3 Å². The van der Waals surface area contributed by atoms with Crippen molar-refractivity contribution in [2.75, 3.05) is 11.4 Å². The van der Waals surface area contributed by atoms with Crippen LogP contribution in [0.15, 0.2) is 51.6 Å². The molecule has 0 atom stereocenters. The molecule has 1 amide bonds. The molecule has 0 aliphatic rings. The van der Waals surface area contributed by atoms with Crippen LogP contribution in [0.5, 0.6) is 0 Å².